The predicted octanol–water partition coefficient (Wildman–Crippen LogP) is 3.26. The lowest BCUT2D eigenvalue weighted by Crippen LogP contribution is -1.98. The smallest absolute Gasteiger partial charge is 0.238 e. The maximum absolute atomic E-state index is 12.3. The molecule has 0 amide bonds. The van der Waals surface area contributed by atoms with Gasteiger partial charge < -0.3 is 0 Å². The first-order valence-corrected chi connectivity index (χ1v) is 4.97. The second kappa shape index (κ2) is 4.28. The summed E-state index contributed by atoms with van der Waals surface area (Å²) >= 11 is 4.81. The van der Waals surface area contributed by atoms with Crippen molar-refractivity contribution in [1.29, 1.82) is 5.26 Å². The number of halogens is 4. The first-order chi connectivity index (χ1) is 6.06. The number of hydrogen-bond acceptors (Lipinski definition) is 2. The van der Waals surface area contributed by atoms with Gasteiger partial charge in [-0.25, -0.2) is 13.8 Å². The fourth-order valence-electron chi connectivity index (χ4n) is 0.771. The van der Waals surface area contributed by atoms with Crippen LogP contribution >= 0.6 is 38.5 Å². The number of hydrogen-bond donors (Lipinski definition) is 0. The Morgan fingerprint density at radius 3 is 2.69 bits per heavy atom. The fourth-order valence-corrected chi connectivity index (χ4v) is 2.31. The topological polar surface area (TPSA) is 36.7 Å². The Morgan fingerprint density at radius 1 is 1.62 bits per heavy atom. The Balaban J connectivity index is 3.41. The third-order valence-corrected chi connectivity index (χ3v) is 2.54. The van der Waals surface area contributed by atoms with Crippen LogP contribution in [0.1, 0.15) is 17.7 Å². The Kier molecular flexibility index (Phi) is 3.55. The highest BCUT2D eigenvalue weighted by atomic mass is 127. The predicted molar refractivity (Wildman–Crippen MR) is 54.3 cm³/mol. The van der Waals surface area contributed by atoms with E-state index in [1.807, 2.05) is 22.6 Å². The van der Waals surface area contributed by atoms with Gasteiger partial charge in [-0.05, 0) is 44.6 Å². The van der Waals surface area contributed by atoms with Gasteiger partial charge in [0.1, 0.15) is 16.4 Å². The maximum atomic E-state index is 12.3. The van der Waals surface area contributed by atoms with E-state index in [1.54, 1.807) is 6.07 Å². The number of aromatic nitrogens is 1. The van der Waals surface area contributed by atoms with Crippen molar-refractivity contribution in [3.63, 3.8) is 0 Å². The van der Waals surface area contributed by atoms with Crippen LogP contribution in [0.5, 0.6) is 0 Å². The third kappa shape index (κ3) is 2.34. The van der Waals surface area contributed by atoms with Crippen LogP contribution in [0.2, 0.25) is 0 Å². The van der Waals surface area contributed by atoms with Crippen LogP contribution < -0.4 is 0 Å². The molecule has 0 radical (unpaired) electrons. The minimum atomic E-state index is -2.72. The zero-order chi connectivity index (χ0) is 10.0. The Morgan fingerprint density at radius 2 is 2.23 bits per heavy atom. The van der Waals surface area contributed by atoms with Gasteiger partial charge in [0, 0.05) is 3.57 Å². The number of nitriles is 1. The van der Waals surface area contributed by atoms with Gasteiger partial charge in [0.15, 0.2) is 0 Å². The van der Waals surface area contributed by atoms with Gasteiger partial charge in [-0.1, -0.05) is 0 Å². The highest BCUT2D eigenvalue weighted by Crippen LogP contribution is 2.26. The Labute approximate surface area is 95.2 Å². The number of nitrogens with zero attached hydrogens (tertiary/aromatic N) is 2. The van der Waals surface area contributed by atoms with Crippen molar-refractivity contribution in [1.82, 2.24) is 4.98 Å². The van der Waals surface area contributed by atoms with Crippen molar-refractivity contribution >= 4 is 38.5 Å². The summed E-state index contributed by atoms with van der Waals surface area (Å²) in [6.45, 7) is 0. The minimum absolute atomic E-state index is 0.0567. The van der Waals surface area contributed by atoms with Gasteiger partial charge in [-0.3, -0.25) is 0 Å². The Hall–Kier alpha value is -0.290. The zero-order valence-electron chi connectivity index (χ0n) is 6.06. The quantitative estimate of drug-likeness (QED) is 0.570. The van der Waals surface area contributed by atoms with Gasteiger partial charge in [-0.2, -0.15) is 5.26 Å². The van der Waals surface area contributed by atoms with E-state index < -0.39 is 12.1 Å². The van der Waals surface area contributed by atoms with Crippen LogP contribution in [0.3, 0.4) is 0 Å². The molecule has 0 aliphatic rings. The summed E-state index contributed by atoms with van der Waals surface area (Å²) in [6, 6.07) is 3.22. The van der Waals surface area contributed by atoms with Gasteiger partial charge in [0.2, 0.25) is 0 Å². The first kappa shape index (κ1) is 10.8. The van der Waals surface area contributed by atoms with Gasteiger partial charge in [0.05, 0.1) is 5.56 Å². The molecular weight excluding hydrogens is 357 g/mol. The lowest BCUT2D eigenvalue weighted by Gasteiger charge is -2.03. The monoisotopic (exact) mass is 358 g/mol. The van der Waals surface area contributed by atoms with Crippen molar-refractivity contribution in [2.75, 3.05) is 0 Å². The molecule has 0 N–H and O–H groups in total. The molecular formula is C7H2BrF2IN2. The average Bonchev–Trinajstić information content (AvgIpc) is 2.02. The van der Waals surface area contributed by atoms with Crippen LogP contribution in [0.15, 0.2) is 10.7 Å². The molecule has 0 bridgehead atoms. The summed E-state index contributed by atoms with van der Waals surface area (Å²) < 4.78 is 25.5. The number of alkyl halides is 2. The van der Waals surface area contributed by atoms with Gasteiger partial charge >= 0.3 is 0 Å². The van der Waals surface area contributed by atoms with E-state index in [0.29, 0.717) is 8.17 Å². The summed E-state index contributed by atoms with van der Waals surface area (Å²) in [5.74, 6) is 0. The van der Waals surface area contributed by atoms with Crippen LogP contribution in [-0.4, -0.2) is 4.98 Å². The van der Waals surface area contributed by atoms with E-state index >= 15 is 0 Å². The highest BCUT2D eigenvalue weighted by Gasteiger charge is 2.18. The minimum Gasteiger partial charge on any atom is -0.238 e. The molecule has 1 heterocycles. The molecule has 1 aromatic heterocycles. The SMILES string of the molecule is N#Cc1c(I)cc(Br)nc1C(F)F. The second-order valence-electron chi connectivity index (χ2n) is 2.10. The van der Waals surface area contributed by atoms with Gasteiger partial charge in [-0.15, -0.1) is 0 Å². The molecule has 6 heteroatoms. The summed E-state index contributed by atoms with van der Waals surface area (Å²) in [6.07, 6.45) is -2.72. The molecule has 68 valence electrons. The van der Waals surface area contributed by atoms with E-state index in [9.17, 15) is 8.78 Å². The molecule has 0 atom stereocenters. The van der Waals surface area contributed by atoms with Crippen molar-refractivity contribution < 1.29 is 8.78 Å². The molecule has 2 nitrogen and oxygen atoms in total. The van der Waals surface area contributed by atoms with E-state index in [1.165, 1.54) is 6.07 Å². The zero-order valence-corrected chi connectivity index (χ0v) is 9.80. The van der Waals surface area contributed by atoms with Crippen LogP contribution in [0.4, 0.5) is 8.78 Å². The molecule has 13 heavy (non-hydrogen) atoms. The van der Waals surface area contributed by atoms with Crippen LogP contribution in [0.25, 0.3) is 0 Å². The molecule has 1 rings (SSSR count). The first-order valence-electron chi connectivity index (χ1n) is 3.10. The Bertz CT molecular complexity index is 375. The standard InChI is InChI=1S/C7H2BrF2IN2/c8-5-1-4(11)3(2-12)6(13-5)7(9)10/h1,7H. The van der Waals surface area contributed by atoms with E-state index in [4.69, 9.17) is 5.26 Å². The highest BCUT2D eigenvalue weighted by molar-refractivity contribution is 14.1. The number of rotatable bonds is 1. The molecule has 0 saturated heterocycles. The molecule has 0 fully saturated rings. The average molecular weight is 359 g/mol. The molecule has 0 spiro atoms. The van der Waals surface area contributed by atoms with Crippen molar-refractivity contribution in [3.8, 4) is 6.07 Å². The summed E-state index contributed by atoms with van der Waals surface area (Å²) in [5, 5.41) is 8.60. The van der Waals surface area contributed by atoms with Crippen molar-refractivity contribution in [2.24, 2.45) is 0 Å². The molecule has 0 unspecified atom stereocenters. The van der Waals surface area contributed by atoms with Crippen LogP contribution in [-0.2, 0) is 0 Å². The van der Waals surface area contributed by atoms with Crippen molar-refractivity contribution in [2.45, 2.75) is 6.43 Å². The summed E-state index contributed by atoms with van der Waals surface area (Å²) in [5.41, 5.74) is -0.528. The van der Waals surface area contributed by atoms with E-state index in [2.05, 4.69) is 20.9 Å². The van der Waals surface area contributed by atoms with Crippen LogP contribution in [0, 0.1) is 14.9 Å². The normalized spacial score (nSPS) is 10.2. The van der Waals surface area contributed by atoms with Crippen molar-refractivity contribution in [3.05, 3.63) is 25.5 Å². The number of pyridine rings is 1. The van der Waals surface area contributed by atoms with E-state index in [-0.39, 0.29) is 5.56 Å². The molecule has 0 saturated carbocycles. The molecule has 0 aliphatic heterocycles. The lowest BCUT2D eigenvalue weighted by atomic mass is 10.2. The molecule has 1 aromatic rings. The second-order valence-corrected chi connectivity index (χ2v) is 4.07. The largest absolute Gasteiger partial charge is 0.281 e. The molecule has 0 aliphatic carbocycles. The molecule has 0 aromatic carbocycles. The lowest BCUT2D eigenvalue weighted by molar-refractivity contribution is 0.145. The third-order valence-electron chi connectivity index (χ3n) is 1.29. The van der Waals surface area contributed by atoms with Gasteiger partial charge in [0.25, 0.3) is 6.43 Å². The van der Waals surface area contributed by atoms with E-state index in [0.717, 1.165) is 0 Å². The fraction of sp³-hybridized carbons (Fsp3) is 0.143. The summed E-state index contributed by atoms with van der Waals surface area (Å²) in [7, 11) is 0. The maximum Gasteiger partial charge on any atom is 0.281 e. The summed E-state index contributed by atoms with van der Waals surface area (Å²) in [4.78, 5) is 3.54.